The van der Waals surface area contributed by atoms with Crippen LogP contribution in [0, 0.1) is 0 Å². The standard InChI is InChI=1S/C13H30N2O4.8CH4/c1-12(18-7-5-16)9-14(3)11-15(4)10-13(2)19-8-6-17;;;;;;;;/h12-13,16-17H,5-11H2,1-4H3;8*1H4. The maximum absolute atomic E-state index is 8.69. The molecular weight excluding hydrogens is 344 g/mol. The van der Waals surface area contributed by atoms with Gasteiger partial charge < -0.3 is 19.7 Å². The lowest BCUT2D eigenvalue weighted by atomic mass is 10.3. The van der Waals surface area contributed by atoms with Crippen LogP contribution in [0.25, 0.3) is 0 Å². The fraction of sp³-hybridized carbons (Fsp3) is 1.00. The molecule has 0 radical (unpaired) electrons. The summed E-state index contributed by atoms with van der Waals surface area (Å²) in [6.07, 6.45) is 0.210. The molecule has 0 spiro atoms. The summed E-state index contributed by atoms with van der Waals surface area (Å²) in [6.45, 7) is 7.35. The lowest BCUT2D eigenvalue weighted by molar-refractivity contribution is -0.00111. The fourth-order valence-corrected chi connectivity index (χ4v) is 2.02. The third kappa shape index (κ3) is 37.2. The first kappa shape index (κ1) is 56.3. The number of aliphatic hydroxyl groups excluding tert-OH is 2. The van der Waals surface area contributed by atoms with Crippen LogP contribution in [0.3, 0.4) is 0 Å². The van der Waals surface area contributed by atoms with Crippen LogP contribution < -0.4 is 0 Å². The van der Waals surface area contributed by atoms with Gasteiger partial charge in [0.25, 0.3) is 0 Å². The molecule has 180 valence electrons. The van der Waals surface area contributed by atoms with Gasteiger partial charge in [0, 0.05) is 13.1 Å². The summed E-state index contributed by atoms with van der Waals surface area (Å²) < 4.78 is 10.8. The Labute approximate surface area is 175 Å². The number of ether oxygens (including phenoxy) is 2. The van der Waals surface area contributed by atoms with E-state index in [2.05, 4.69) is 9.80 Å². The summed E-state index contributed by atoms with van der Waals surface area (Å²) >= 11 is 0. The van der Waals surface area contributed by atoms with E-state index >= 15 is 0 Å². The monoisotopic (exact) mass is 406 g/mol. The van der Waals surface area contributed by atoms with Crippen molar-refractivity contribution in [1.29, 1.82) is 0 Å². The number of nitrogens with zero attached hydrogens (tertiary/aromatic N) is 2. The number of hydrogen-bond donors (Lipinski definition) is 2. The third-order valence-electron chi connectivity index (χ3n) is 2.61. The van der Waals surface area contributed by atoms with E-state index in [1.165, 1.54) is 0 Å². The largest absolute Gasteiger partial charge is 0.394 e. The van der Waals surface area contributed by atoms with E-state index in [1.54, 1.807) is 0 Å². The molecule has 0 aromatic heterocycles. The number of aliphatic hydroxyl groups is 2. The van der Waals surface area contributed by atoms with E-state index in [4.69, 9.17) is 19.7 Å². The maximum atomic E-state index is 8.69. The zero-order valence-corrected chi connectivity index (χ0v) is 12.7. The van der Waals surface area contributed by atoms with Gasteiger partial charge in [-0.15, -0.1) is 0 Å². The molecule has 0 aromatic carbocycles. The smallest absolute Gasteiger partial charge is 0.0701 e. The molecule has 0 bridgehead atoms. The summed E-state index contributed by atoms with van der Waals surface area (Å²) in [5.41, 5.74) is 0. The van der Waals surface area contributed by atoms with Gasteiger partial charge >= 0.3 is 0 Å². The van der Waals surface area contributed by atoms with Crippen LogP contribution in [0.2, 0.25) is 0 Å². The van der Waals surface area contributed by atoms with E-state index in [0.29, 0.717) is 13.2 Å². The first-order valence-electron chi connectivity index (χ1n) is 6.81. The van der Waals surface area contributed by atoms with Crippen LogP contribution in [0.1, 0.15) is 73.3 Å². The average Bonchev–Trinajstić information content (AvgIpc) is 2.33. The first-order chi connectivity index (χ1) is 8.99. The summed E-state index contributed by atoms with van der Waals surface area (Å²) in [7, 11) is 4.07. The van der Waals surface area contributed by atoms with Gasteiger partial charge in [-0.3, -0.25) is 9.80 Å². The van der Waals surface area contributed by atoms with Crippen molar-refractivity contribution in [2.24, 2.45) is 0 Å². The van der Waals surface area contributed by atoms with Gasteiger partial charge in [-0.1, -0.05) is 59.4 Å². The second-order valence-electron chi connectivity index (χ2n) is 5.03. The molecule has 0 heterocycles. The number of hydrogen-bond acceptors (Lipinski definition) is 6. The van der Waals surface area contributed by atoms with Gasteiger partial charge in [0.2, 0.25) is 0 Å². The quantitative estimate of drug-likeness (QED) is 0.458. The van der Waals surface area contributed by atoms with E-state index in [1.807, 2.05) is 27.9 Å². The molecule has 2 atom stereocenters. The minimum atomic E-state index is 0. The normalized spacial score (nSPS) is 10.7. The van der Waals surface area contributed by atoms with Crippen LogP contribution in [0.15, 0.2) is 0 Å². The van der Waals surface area contributed by atoms with Gasteiger partial charge in [0.05, 0.1) is 45.3 Å². The molecule has 0 fully saturated rings. The van der Waals surface area contributed by atoms with Crippen LogP contribution >= 0.6 is 0 Å². The predicted octanol–water partition coefficient (Wildman–Crippen LogP) is 4.69. The lowest BCUT2D eigenvalue weighted by Crippen LogP contribution is -2.40. The zero-order valence-electron chi connectivity index (χ0n) is 12.7. The molecule has 2 unspecified atom stereocenters. The van der Waals surface area contributed by atoms with Crippen molar-refractivity contribution >= 4 is 0 Å². The van der Waals surface area contributed by atoms with Crippen molar-refractivity contribution in [3.8, 4) is 0 Å². The van der Waals surface area contributed by atoms with Crippen molar-refractivity contribution < 1.29 is 19.7 Å². The van der Waals surface area contributed by atoms with Crippen molar-refractivity contribution in [3.05, 3.63) is 0 Å². The Morgan fingerprint density at radius 1 is 0.630 bits per heavy atom. The summed E-state index contributed by atoms with van der Waals surface area (Å²) in [4.78, 5) is 4.33. The summed E-state index contributed by atoms with van der Waals surface area (Å²) in [5.74, 6) is 0. The van der Waals surface area contributed by atoms with E-state index in [0.717, 1.165) is 19.8 Å². The molecule has 6 nitrogen and oxygen atoms in total. The Bertz CT molecular complexity index is 191. The second kappa shape index (κ2) is 36.6. The Kier molecular flexibility index (Phi) is 76.4. The van der Waals surface area contributed by atoms with Crippen LogP contribution in [0.4, 0.5) is 0 Å². The van der Waals surface area contributed by atoms with E-state index < -0.39 is 0 Å². The fourth-order valence-electron chi connectivity index (χ4n) is 2.02. The molecule has 0 aromatic rings. The highest BCUT2D eigenvalue weighted by molar-refractivity contribution is 4.61. The molecule has 0 aliphatic heterocycles. The highest BCUT2D eigenvalue weighted by Crippen LogP contribution is 1.99. The summed E-state index contributed by atoms with van der Waals surface area (Å²) in [6, 6.07) is 0. The van der Waals surface area contributed by atoms with E-state index in [-0.39, 0.29) is 84.8 Å². The number of likely N-dealkylation sites (N-methyl/N-ethyl adjacent to an activating group) is 2. The molecule has 0 aliphatic carbocycles. The van der Waals surface area contributed by atoms with Gasteiger partial charge in [-0.25, -0.2) is 0 Å². The van der Waals surface area contributed by atoms with Gasteiger partial charge in [-0.2, -0.15) is 0 Å². The third-order valence-corrected chi connectivity index (χ3v) is 2.61. The molecular formula is C21H62N2O4. The van der Waals surface area contributed by atoms with Gasteiger partial charge in [0.15, 0.2) is 0 Å². The Morgan fingerprint density at radius 3 is 1.11 bits per heavy atom. The van der Waals surface area contributed by atoms with Crippen LogP contribution in [-0.4, -0.2) is 92.5 Å². The summed E-state index contributed by atoms with van der Waals surface area (Å²) in [5, 5.41) is 17.4. The Balaban J connectivity index is -0.0000000579. The molecule has 27 heavy (non-hydrogen) atoms. The Morgan fingerprint density at radius 2 is 0.889 bits per heavy atom. The zero-order chi connectivity index (χ0) is 14.7. The first-order valence-corrected chi connectivity index (χ1v) is 6.81. The minimum Gasteiger partial charge on any atom is -0.394 e. The molecule has 2 N–H and O–H groups in total. The van der Waals surface area contributed by atoms with Crippen molar-refractivity contribution in [2.75, 3.05) is 60.3 Å². The second-order valence-corrected chi connectivity index (χ2v) is 5.03. The maximum Gasteiger partial charge on any atom is 0.0701 e. The van der Waals surface area contributed by atoms with Crippen molar-refractivity contribution in [1.82, 2.24) is 9.80 Å². The topological polar surface area (TPSA) is 65.4 Å². The molecule has 0 amide bonds. The van der Waals surface area contributed by atoms with E-state index in [9.17, 15) is 0 Å². The molecule has 0 aliphatic rings. The van der Waals surface area contributed by atoms with Crippen molar-refractivity contribution in [3.63, 3.8) is 0 Å². The van der Waals surface area contributed by atoms with Gasteiger partial charge in [0.1, 0.15) is 0 Å². The van der Waals surface area contributed by atoms with Gasteiger partial charge in [-0.05, 0) is 27.9 Å². The Hall–Kier alpha value is -0.240. The minimum absolute atomic E-state index is 0. The average molecular weight is 407 g/mol. The molecule has 6 heteroatoms. The predicted molar refractivity (Wildman–Crippen MR) is 129 cm³/mol. The van der Waals surface area contributed by atoms with Crippen LogP contribution in [-0.2, 0) is 9.47 Å². The number of rotatable bonds is 12. The van der Waals surface area contributed by atoms with Crippen molar-refractivity contribution in [2.45, 2.75) is 85.5 Å². The highest BCUT2D eigenvalue weighted by Gasteiger charge is 2.11. The van der Waals surface area contributed by atoms with Crippen LogP contribution in [0.5, 0.6) is 0 Å². The lowest BCUT2D eigenvalue weighted by Gasteiger charge is -2.28. The highest BCUT2D eigenvalue weighted by atomic mass is 16.5. The molecule has 0 saturated carbocycles. The molecule has 0 rings (SSSR count). The SMILES string of the molecule is C.C.C.C.C.C.C.C.CC(CN(C)CN(C)CC(C)OCCO)OCCO. The molecule has 0 saturated heterocycles.